The molecular weight excluding hydrogens is 200 g/mol. The van der Waals surface area contributed by atoms with E-state index in [1.807, 2.05) is 25.1 Å². The first-order chi connectivity index (χ1) is 6.66. The fourth-order valence-electron chi connectivity index (χ4n) is 1.13. The lowest BCUT2D eigenvalue weighted by Gasteiger charge is -2.23. The molecule has 0 aromatic carbocycles. The second-order valence-electron chi connectivity index (χ2n) is 3.07. The van der Waals surface area contributed by atoms with Gasteiger partial charge in [0.05, 0.1) is 11.7 Å². The smallest absolute Gasteiger partial charge is 0.237 e. The molecule has 0 saturated carbocycles. The zero-order chi connectivity index (χ0) is 10.6. The van der Waals surface area contributed by atoms with Gasteiger partial charge in [0.15, 0.2) is 0 Å². The topological polar surface area (TPSA) is 33.2 Å². The highest BCUT2D eigenvalue weighted by atomic mass is 35.5. The van der Waals surface area contributed by atoms with Crippen molar-refractivity contribution in [2.24, 2.45) is 0 Å². The first kappa shape index (κ1) is 11.0. The van der Waals surface area contributed by atoms with Crippen LogP contribution in [-0.2, 0) is 4.79 Å². The number of carbonyl (C=O) groups excluding carboxylic acids is 1. The molecule has 14 heavy (non-hydrogen) atoms. The highest BCUT2D eigenvalue weighted by Crippen LogP contribution is 2.15. The molecular formula is C10H13ClN2O. The number of aromatic nitrogens is 1. The zero-order valence-electron chi connectivity index (χ0n) is 8.27. The van der Waals surface area contributed by atoms with E-state index in [4.69, 9.17) is 11.6 Å². The molecule has 1 aromatic rings. The lowest BCUT2D eigenvalue weighted by atomic mass is 10.2. The standard InChI is InChI=1S/C10H13ClN2O/c1-8(13(2)10(14)7-11)9-5-3-4-6-12-9/h3-6,8H,7H2,1-2H3/t8-/m0/s1. The van der Waals surface area contributed by atoms with E-state index in [1.165, 1.54) is 0 Å². The largest absolute Gasteiger partial charge is 0.336 e. The summed E-state index contributed by atoms with van der Waals surface area (Å²) in [6.07, 6.45) is 1.71. The lowest BCUT2D eigenvalue weighted by molar-refractivity contribution is -0.129. The fourth-order valence-corrected chi connectivity index (χ4v) is 1.32. The Bertz CT molecular complexity index is 302. The van der Waals surface area contributed by atoms with Crippen LogP contribution in [-0.4, -0.2) is 28.7 Å². The van der Waals surface area contributed by atoms with Gasteiger partial charge >= 0.3 is 0 Å². The quantitative estimate of drug-likeness (QED) is 0.717. The van der Waals surface area contributed by atoms with Gasteiger partial charge in [0.1, 0.15) is 5.88 Å². The molecule has 1 rings (SSSR count). The van der Waals surface area contributed by atoms with Gasteiger partial charge in [-0.3, -0.25) is 9.78 Å². The highest BCUT2D eigenvalue weighted by Gasteiger charge is 2.16. The Morgan fingerprint density at radius 2 is 2.36 bits per heavy atom. The Morgan fingerprint density at radius 3 is 2.86 bits per heavy atom. The van der Waals surface area contributed by atoms with E-state index in [9.17, 15) is 4.79 Å². The average molecular weight is 213 g/mol. The molecule has 1 atom stereocenters. The number of rotatable bonds is 3. The van der Waals surface area contributed by atoms with Crippen LogP contribution in [0.25, 0.3) is 0 Å². The number of pyridine rings is 1. The van der Waals surface area contributed by atoms with Gasteiger partial charge in [-0.05, 0) is 19.1 Å². The van der Waals surface area contributed by atoms with E-state index in [0.717, 1.165) is 5.69 Å². The monoisotopic (exact) mass is 212 g/mol. The Kier molecular flexibility index (Phi) is 3.89. The third kappa shape index (κ3) is 2.45. The summed E-state index contributed by atoms with van der Waals surface area (Å²) < 4.78 is 0. The molecule has 0 saturated heterocycles. The molecule has 0 spiro atoms. The fraction of sp³-hybridized carbons (Fsp3) is 0.400. The predicted molar refractivity (Wildman–Crippen MR) is 56.1 cm³/mol. The number of hydrogen-bond acceptors (Lipinski definition) is 2. The van der Waals surface area contributed by atoms with Gasteiger partial charge in [0, 0.05) is 13.2 Å². The number of halogens is 1. The molecule has 1 aromatic heterocycles. The summed E-state index contributed by atoms with van der Waals surface area (Å²) in [7, 11) is 1.73. The summed E-state index contributed by atoms with van der Waals surface area (Å²) >= 11 is 5.47. The van der Waals surface area contributed by atoms with E-state index < -0.39 is 0 Å². The van der Waals surface area contributed by atoms with Gasteiger partial charge in [0.25, 0.3) is 0 Å². The van der Waals surface area contributed by atoms with Crippen molar-refractivity contribution in [3.8, 4) is 0 Å². The van der Waals surface area contributed by atoms with Crippen LogP contribution >= 0.6 is 11.6 Å². The Morgan fingerprint density at radius 1 is 1.64 bits per heavy atom. The summed E-state index contributed by atoms with van der Waals surface area (Å²) in [5, 5.41) is 0. The molecule has 4 heteroatoms. The van der Waals surface area contributed by atoms with Crippen LogP contribution in [0.4, 0.5) is 0 Å². The van der Waals surface area contributed by atoms with Gasteiger partial charge in [-0.2, -0.15) is 0 Å². The molecule has 0 radical (unpaired) electrons. The van der Waals surface area contributed by atoms with Crippen LogP contribution in [0.1, 0.15) is 18.7 Å². The molecule has 0 fully saturated rings. The van der Waals surface area contributed by atoms with Crippen molar-refractivity contribution >= 4 is 17.5 Å². The second kappa shape index (κ2) is 4.96. The van der Waals surface area contributed by atoms with Crippen LogP contribution < -0.4 is 0 Å². The highest BCUT2D eigenvalue weighted by molar-refractivity contribution is 6.27. The average Bonchev–Trinajstić information content (AvgIpc) is 2.27. The van der Waals surface area contributed by atoms with Crippen LogP contribution in [0.3, 0.4) is 0 Å². The Labute approximate surface area is 88.7 Å². The van der Waals surface area contributed by atoms with Crippen LogP contribution in [0.15, 0.2) is 24.4 Å². The Balaban J connectivity index is 2.75. The van der Waals surface area contributed by atoms with E-state index in [0.29, 0.717) is 0 Å². The van der Waals surface area contributed by atoms with Crippen molar-refractivity contribution in [2.75, 3.05) is 12.9 Å². The molecule has 0 bridgehead atoms. The molecule has 0 unspecified atom stereocenters. The molecule has 0 aliphatic carbocycles. The van der Waals surface area contributed by atoms with Gasteiger partial charge < -0.3 is 4.90 Å². The maximum Gasteiger partial charge on any atom is 0.237 e. The number of nitrogens with zero attached hydrogens (tertiary/aromatic N) is 2. The normalized spacial score (nSPS) is 12.2. The molecule has 0 aliphatic rings. The SMILES string of the molecule is C[C@@H](c1ccccn1)N(C)C(=O)CCl. The number of amides is 1. The summed E-state index contributed by atoms with van der Waals surface area (Å²) in [4.78, 5) is 17.1. The number of carbonyl (C=O) groups is 1. The second-order valence-corrected chi connectivity index (χ2v) is 3.34. The third-order valence-electron chi connectivity index (χ3n) is 2.20. The summed E-state index contributed by atoms with van der Waals surface area (Å²) in [6.45, 7) is 1.92. The minimum absolute atomic E-state index is 0.00761. The third-order valence-corrected chi connectivity index (χ3v) is 2.43. The summed E-state index contributed by atoms with van der Waals surface area (Å²) in [5.41, 5.74) is 0.869. The maximum atomic E-state index is 11.3. The number of alkyl halides is 1. The molecule has 0 N–H and O–H groups in total. The van der Waals surface area contributed by atoms with Crippen LogP contribution in [0, 0.1) is 0 Å². The summed E-state index contributed by atoms with van der Waals surface area (Å²) in [5.74, 6) is -0.0851. The predicted octanol–water partition coefficient (Wildman–Crippen LogP) is 1.84. The van der Waals surface area contributed by atoms with E-state index in [-0.39, 0.29) is 17.8 Å². The van der Waals surface area contributed by atoms with E-state index >= 15 is 0 Å². The molecule has 76 valence electrons. The van der Waals surface area contributed by atoms with Gasteiger partial charge in [-0.25, -0.2) is 0 Å². The molecule has 1 amide bonds. The van der Waals surface area contributed by atoms with Gasteiger partial charge in [0.2, 0.25) is 5.91 Å². The van der Waals surface area contributed by atoms with Crippen molar-refractivity contribution in [1.82, 2.24) is 9.88 Å². The first-order valence-corrected chi connectivity index (χ1v) is 4.92. The van der Waals surface area contributed by atoms with Crippen molar-refractivity contribution in [2.45, 2.75) is 13.0 Å². The van der Waals surface area contributed by atoms with Crippen molar-refractivity contribution in [1.29, 1.82) is 0 Å². The van der Waals surface area contributed by atoms with E-state index in [2.05, 4.69) is 4.98 Å². The van der Waals surface area contributed by atoms with E-state index in [1.54, 1.807) is 18.1 Å². The van der Waals surface area contributed by atoms with Gasteiger partial charge in [-0.15, -0.1) is 11.6 Å². The first-order valence-electron chi connectivity index (χ1n) is 4.39. The molecule has 1 heterocycles. The van der Waals surface area contributed by atoms with Gasteiger partial charge in [-0.1, -0.05) is 6.07 Å². The summed E-state index contributed by atoms with van der Waals surface area (Å²) in [6, 6.07) is 5.60. The van der Waals surface area contributed by atoms with Crippen LogP contribution in [0.5, 0.6) is 0 Å². The Hall–Kier alpha value is -1.09. The minimum atomic E-state index is -0.0928. The zero-order valence-corrected chi connectivity index (χ0v) is 9.03. The maximum absolute atomic E-state index is 11.3. The van der Waals surface area contributed by atoms with Crippen LogP contribution in [0.2, 0.25) is 0 Å². The van der Waals surface area contributed by atoms with Crippen molar-refractivity contribution in [3.63, 3.8) is 0 Å². The number of hydrogen-bond donors (Lipinski definition) is 0. The van der Waals surface area contributed by atoms with Crippen molar-refractivity contribution in [3.05, 3.63) is 30.1 Å². The molecule has 0 aliphatic heterocycles. The lowest BCUT2D eigenvalue weighted by Crippen LogP contribution is -2.30. The van der Waals surface area contributed by atoms with Crippen molar-refractivity contribution < 1.29 is 4.79 Å². The molecule has 3 nitrogen and oxygen atoms in total. The minimum Gasteiger partial charge on any atom is -0.336 e.